The van der Waals surface area contributed by atoms with E-state index in [4.69, 9.17) is 0 Å². The van der Waals surface area contributed by atoms with Crippen LogP contribution in [-0.4, -0.2) is 47.1 Å². The Bertz CT molecular complexity index is 1540. The molecule has 3 N–H and O–H groups in total. The van der Waals surface area contributed by atoms with E-state index in [0.717, 1.165) is 56.1 Å². The number of nitrogens with zero attached hydrogens (tertiary/aromatic N) is 3. The van der Waals surface area contributed by atoms with Crippen molar-refractivity contribution in [1.29, 1.82) is 0 Å². The van der Waals surface area contributed by atoms with E-state index in [0.29, 0.717) is 29.9 Å². The van der Waals surface area contributed by atoms with Gasteiger partial charge in [0.2, 0.25) is 0 Å². The minimum Gasteiger partial charge on any atom is -0.393 e. The number of benzene rings is 1. The molecule has 2 saturated carbocycles. The number of rotatable bonds is 7. The number of fused-ring (bicyclic) bond motifs is 5. The number of para-hydroxylation sites is 1. The summed E-state index contributed by atoms with van der Waals surface area (Å²) in [6, 6.07) is 8.38. The molecule has 3 aliphatic carbocycles. The van der Waals surface area contributed by atoms with Gasteiger partial charge in [-0.2, -0.15) is 0 Å². The highest BCUT2D eigenvalue weighted by Crippen LogP contribution is 2.62. The number of allylic oxidation sites excluding steroid dienone is 2. The molecule has 1 aliphatic heterocycles. The van der Waals surface area contributed by atoms with Gasteiger partial charge in [-0.05, 0) is 111 Å². The fraction of sp³-hybridized carbons (Fsp3) is 0.657. The second-order valence-electron chi connectivity index (χ2n) is 14.8. The van der Waals surface area contributed by atoms with Crippen molar-refractivity contribution >= 4 is 0 Å². The van der Waals surface area contributed by atoms with Crippen LogP contribution < -0.4 is 11.4 Å². The maximum atomic E-state index is 14.2. The van der Waals surface area contributed by atoms with Crippen molar-refractivity contribution in [2.45, 2.75) is 122 Å². The number of aliphatic hydroxyl groups is 3. The normalized spacial score (nSPS) is 33.1. The van der Waals surface area contributed by atoms with Crippen LogP contribution in [0.15, 0.2) is 62.7 Å². The third-order valence-electron chi connectivity index (χ3n) is 11.5. The molecule has 8 heteroatoms. The van der Waals surface area contributed by atoms with Crippen LogP contribution in [0.5, 0.6) is 0 Å². The zero-order valence-corrected chi connectivity index (χ0v) is 26.4. The lowest BCUT2D eigenvalue weighted by Gasteiger charge is -2.49. The number of aromatic nitrogens is 3. The van der Waals surface area contributed by atoms with Gasteiger partial charge in [0, 0.05) is 6.42 Å². The summed E-state index contributed by atoms with van der Waals surface area (Å²) >= 11 is 0. The van der Waals surface area contributed by atoms with Crippen molar-refractivity contribution < 1.29 is 15.3 Å². The zero-order chi connectivity index (χ0) is 30.8. The van der Waals surface area contributed by atoms with Crippen molar-refractivity contribution in [1.82, 2.24) is 13.9 Å². The van der Waals surface area contributed by atoms with Gasteiger partial charge in [-0.25, -0.2) is 23.5 Å². The smallest absolute Gasteiger partial charge is 0.352 e. The first kappa shape index (κ1) is 30.4. The summed E-state index contributed by atoms with van der Waals surface area (Å²) in [6.45, 7) is 10.5. The summed E-state index contributed by atoms with van der Waals surface area (Å²) in [7, 11) is 0. The molecule has 43 heavy (non-hydrogen) atoms. The van der Waals surface area contributed by atoms with Crippen molar-refractivity contribution in [2.75, 3.05) is 0 Å². The fourth-order valence-corrected chi connectivity index (χ4v) is 9.31. The fourth-order valence-electron chi connectivity index (χ4n) is 9.31. The average Bonchev–Trinajstić information content (AvgIpc) is 3.43. The third kappa shape index (κ3) is 5.13. The molecule has 0 saturated heterocycles. The van der Waals surface area contributed by atoms with Crippen molar-refractivity contribution in [3.8, 4) is 5.69 Å². The molecule has 4 aliphatic rings. The van der Waals surface area contributed by atoms with Crippen molar-refractivity contribution in [3.05, 3.63) is 74.1 Å². The van der Waals surface area contributed by atoms with Gasteiger partial charge in [-0.1, -0.05) is 51.0 Å². The van der Waals surface area contributed by atoms with Gasteiger partial charge in [0.05, 0.1) is 35.6 Å². The molecule has 0 bridgehead atoms. The molecule has 6 rings (SSSR count). The molecule has 8 atom stereocenters. The summed E-state index contributed by atoms with van der Waals surface area (Å²) in [5.74, 6) is 1.38. The molecule has 0 radical (unpaired) electrons. The third-order valence-corrected chi connectivity index (χ3v) is 11.5. The molecule has 1 aromatic heterocycles. The Kier molecular flexibility index (Phi) is 7.79. The molecule has 234 valence electrons. The highest BCUT2D eigenvalue weighted by molar-refractivity contribution is 5.37. The van der Waals surface area contributed by atoms with Gasteiger partial charge in [0.25, 0.3) is 0 Å². The first-order chi connectivity index (χ1) is 20.3. The number of hydrogen-bond donors (Lipinski definition) is 3. The van der Waals surface area contributed by atoms with Gasteiger partial charge >= 0.3 is 11.4 Å². The molecular weight excluding hydrogens is 542 g/mol. The molecule has 0 unspecified atom stereocenters. The van der Waals surface area contributed by atoms with Crippen LogP contribution in [-0.2, 0) is 0 Å². The second-order valence-corrected chi connectivity index (χ2v) is 14.8. The van der Waals surface area contributed by atoms with Crippen molar-refractivity contribution in [2.24, 2.45) is 23.2 Å². The predicted octanol–water partition coefficient (Wildman–Crippen LogP) is 5.06. The van der Waals surface area contributed by atoms with Gasteiger partial charge in [-0.3, -0.25) is 0 Å². The Morgan fingerprint density at radius 3 is 2.44 bits per heavy atom. The van der Waals surface area contributed by atoms with Crippen LogP contribution >= 0.6 is 0 Å². The quantitative estimate of drug-likeness (QED) is 0.390. The maximum absolute atomic E-state index is 14.2. The topological polar surface area (TPSA) is 110 Å². The summed E-state index contributed by atoms with van der Waals surface area (Å²) < 4.78 is 4.61. The summed E-state index contributed by atoms with van der Waals surface area (Å²) in [5.41, 5.74) is 2.13. The van der Waals surface area contributed by atoms with Gasteiger partial charge in [-0.15, -0.1) is 0 Å². The SMILES string of the molecule is CC1=C([C@H]2C=C3[C@@H](CC[C@]4(C)[C@@H]3CC[C@H]4[C@@H](C)CCCC(C)(C)O)n3c(=O)n(-c4ccccc4)c(=O)n32)C[C@H](O)C[C@H]1O. The number of hydrogen-bond acceptors (Lipinski definition) is 5. The first-order valence-corrected chi connectivity index (χ1v) is 16.3. The Labute approximate surface area is 254 Å². The minimum absolute atomic E-state index is 0.0874. The van der Waals surface area contributed by atoms with Crippen LogP contribution in [0.4, 0.5) is 0 Å². The monoisotopic (exact) mass is 591 g/mol. The van der Waals surface area contributed by atoms with E-state index in [-0.39, 0.29) is 29.3 Å². The number of aliphatic hydroxyl groups excluding tert-OH is 2. The lowest BCUT2D eigenvalue weighted by Crippen LogP contribution is -2.46. The van der Waals surface area contributed by atoms with E-state index in [1.807, 2.05) is 39.0 Å². The van der Waals surface area contributed by atoms with Crippen LogP contribution in [0.1, 0.15) is 104 Å². The van der Waals surface area contributed by atoms with E-state index in [2.05, 4.69) is 19.9 Å². The average molecular weight is 592 g/mol. The molecule has 0 amide bonds. The van der Waals surface area contributed by atoms with Crippen LogP contribution in [0.25, 0.3) is 5.69 Å². The first-order valence-electron chi connectivity index (χ1n) is 16.3. The molecule has 8 nitrogen and oxygen atoms in total. The van der Waals surface area contributed by atoms with E-state index < -0.39 is 23.9 Å². The van der Waals surface area contributed by atoms with E-state index >= 15 is 0 Å². The predicted molar refractivity (Wildman–Crippen MR) is 167 cm³/mol. The Morgan fingerprint density at radius 2 is 1.74 bits per heavy atom. The van der Waals surface area contributed by atoms with Crippen LogP contribution in [0, 0.1) is 23.2 Å². The standard InChI is InChI=1S/C35H49N3O5/c1-21(10-9-16-34(3,4)43)27-13-14-28-26-20-30(25-18-24(39)19-31(40)22(25)2)38-33(42)36(23-11-7-6-8-12-23)32(41)37(38)29(26)15-17-35(27,28)5/h6-8,11-12,20-21,24,27-31,39-40,43H,9-10,13-19H2,1-5H3/t21-,24-,27-,28+,29+,30+,31+,35-/m0/s1. The summed E-state index contributed by atoms with van der Waals surface area (Å²) in [6.07, 6.45) is 8.24. The molecule has 2 fully saturated rings. The van der Waals surface area contributed by atoms with Gasteiger partial charge < -0.3 is 15.3 Å². The zero-order valence-electron chi connectivity index (χ0n) is 26.4. The van der Waals surface area contributed by atoms with E-state index in [9.17, 15) is 24.9 Å². The molecule has 1 aromatic carbocycles. The van der Waals surface area contributed by atoms with E-state index in [1.165, 1.54) is 10.1 Å². The summed E-state index contributed by atoms with van der Waals surface area (Å²) in [4.78, 5) is 28.4. The second kappa shape index (κ2) is 11.0. The van der Waals surface area contributed by atoms with Gasteiger partial charge in [0.15, 0.2) is 0 Å². The van der Waals surface area contributed by atoms with Crippen LogP contribution in [0.3, 0.4) is 0 Å². The maximum Gasteiger partial charge on any atom is 0.352 e. The molecule has 2 heterocycles. The van der Waals surface area contributed by atoms with Gasteiger partial charge in [0.1, 0.15) is 0 Å². The summed E-state index contributed by atoms with van der Waals surface area (Å²) in [5, 5.41) is 31.8. The Balaban J connectivity index is 1.44. The lowest BCUT2D eigenvalue weighted by atomic mass is 9.59. The molecule has 0 spiro atoms. The molecule has 2 aromatic rings. The minimum atomic E-state index is -0.779. The van der Waals surface area contributed by atoms with Crippen molar-refractivity contribution in [3.63, 3.8) is 0 Å². The highest BCUT2D eigenvalue weighted by Gasteiger charge is 2.55. The lowest BCUT2D eigenvalue weighted by molar-refractivity contribution is 0.0538. The highest BCUT2D eigenvalue weighted by atomic mass is 16.3. The molecular formula is C35H49N3O5. The largest absolute Gasteiger partial charge is 0.393 e. The Morgan fingerprint density at radius 1 is 1.05 bits per heavy atom. The Hall–Kier alpha value is -2.68. The van der Waals surface area contributed by atoms with E-state index in [1.54, 1.807) is 21.5 Å². The van der Waals surface area contributed by atoms with Crippen LogP contribution in [0.2, 0.25) is 0 Å².